The van der Waals surface area contributed by atoms with Gasteiger partial charge in [0.05, 0.1) is 6.07 Å². The largest absolute Gasteiger partial charge is 0.199 e. The molecule has 0 spiro atoms. The lowest BCUT2D eigenvalue weighted by Gasteiger charge is -1.97. The van der Waals surface area contributed by atoms with Crippen molar-refractivity contribution in [3.05, 3.63) is 12.2 Å². The maximum absolute atomic E-state index is 7.32. The summed E-state index contributed by atoms with van der Waals surface area (Å²) < 4.78 is 0. The Morgan fingerprint density at radius 1 is 1.22 bits per heavy atom. The smallest absolute Gasteiger partial charge is 0.0587 e. The average molecular weight is 123 g/mol. The summed E-state index contributed by atoms with van der Waals surface area (Å²) in [5, 5.41) is 7.32. The third kappa shape index (κ3) is 7.23. The molecule has 0 N–H and O–H groups in total. The molecule has 1 nitrogen and oxygen atoms in total. The normalized spacial score (nSPS) is 15.1. The van der Waals surface area contributed by atoms with Crippen LogP contribution < -0.4 is 0 Å². The molecule has 0 amide bonds. The highest BCUT2D eigenvalue weighted by Gasteiger charge is 1.87. The van der Waals surface area contributed by atoms with Crippen LogP contribution >= 0.6 is 0 Å². The van der Waals surface area contributed by atoms with Crippen LogP contribution in [0.5, 0.6) is 0 Å². The predicted octanol–water partition coefficient (Wildman–Crippen LogP) is 2.65. The Bertz CT molecular complexity index is 100. The number of hydrogen-bond donors (Lipinski definition) is 0. The SMILES string of the molecule is C1=CCCCC1.CC#N. The van der Waals surface area contributed by atoms with Gasteiger partial charge in [-0.3, -0.25) is 0 Å². The summed E-state index contributed by atoms with van der Waals surface area (Å²) in [6.45, 7) is 1.43. The predicted molar refractivity (Wildman–Crippen MR) is 38.9 cm³/mol. The Hall–Kier alpha value is -0.770. The van der Waals surface area contributed by atoms with E-state index in [-0.39, 0.29) is 0 Å². The number of rotatable bonds is 0. The first-order valence-corrected chi connectivity index (χ1v) is 3.37. The van der Waals surface area contributed by atoms with Crippen LogP contribution in [-0.4, -0.2) is 0 Å². The molecule has 0 saturated carbocycles. The second-order valence-corrected chi connectivity index (χ2v) is 1.98. The first kappa shape index (κ1) is 8.23. The minimum Gasteiger partial charge on any atom is -0.199 e. The monoisotopic (exact) mass is 123 g/mol. The number of hydrogen-bond acceptors (Lipinski definition) is 1. The van der Waals surface area contributed by atoms with Crippen molar-refractivity contribution in [3.63, 3.8) is 0 Å². The third-order valence-corrected chi connectivity index (χ3v) is 1.16. The van der Waals surface area contributed by atoms with Crippen molar-refractivity contribution in [2.45, 2.75) is 32.6 Å². The minimum atomic E-state index is 1.32. The number of allylic oxidation sites excluding steroid dienone is 2. The summed E-state index contributed by atoms with van der Waals surface area (Å²) in [4.78, 5) is 0. The lowest BCUT2D eigenvalue weighted by Crippen LogP contribution is -1.77. The standard InChI is InChI=1S/C6H10.C2H3N/c1-2-4-6-5-3-1;1-2-3/h1-2H,3-6H2;1H3. The number of nitriles is 1. The van der Waals surface area contributed by atoms with E-state index in [1.54, 1.807) is 6.07 Å². The van der Waals surface area contributed by atoms with Gasteiger partial charge in [0.2, 0.25) is 0 Å². The number of nitrogens with zero attached hydrogens (tertiary/aromatic N) is 1. The van der Waals surface area contributed by atoms with E-state index in [9.17, 15) is 0 Å². The quantitative estimate of drug-likeness (QED) is 0.454. The van der Waals surface area contributed by atoms with E-state index in [4.69, 9.17) is 5.26 Å². The average Bonchev–Trinajstić information content (AvgIpc) is 1.93. The molecule has 0 atom stereocenters. The van der Waals surface area contributed by atoms with Crippen molar-refractivity contribution in [1.29, 1.82) is 5.26 Å². The van der Waals surface area contributed by atoms with Crippen LogP contribution in [0.25, 0.3) is 0 Å². The molecular formula is C8H13N. The summed E-state index contributed by atoms with van der Waals surface area (Å²) in [7, 11) is 0. The summed E-state index contributed by atoms with van der Waals surface area (Å²) >= 11 is 0. The fourth-order valence-corrected chi connectivity index (χ4v) is 0.760. The van der Waals surface area contributed by atoms with E-state index in [1.807, 2.05) is 0 Å². The zero-order chi connectivity index (χ0) is 6.95. The Morgan fingerprint density at radius 3 is 1.67 bits per heavy atom. The lowest BCUT2D eigenvalue weighted by atomic mass is 10.1. The van der Waals surface area contributed by atoms with Gasteiger partial charge in [-0.2, -0.15) is 5.26 Å². The van der Waals surface area contributed by atoms with Crippen molar-refractivity contribution >= 4 is 0 Å². The van der Waals surface area contributed by atoms with Crippen LogP contribution in [0, 0.1) is 11.3 Å². The molecule has 0 radical (unpaired) electrons. The lowest BCUT2D eigenvalue weighted by molar-refractivity contribution is 0.730. The molecule has 0 aromatic carbocycles. The van der Waals surface area contributed by atoms with Crippen molar-refractivity contribution in [2.24, 2.45) is 0 Å². The molecular weight excluding hydrogens is 110 g/mol. The van der Waals surface area contributed by atoms with Gasteiger partial charge >= 0.3 is 0 Å². The molecule has 1 aliphatic rings. The summed E-state index contributed by atoms with van der Waals surface area (Å²) in [5.74, 6) is 0. The minimum absolute atomic E-state index is 1.32. The molecule has 0 heterocycles. The Morgan fingerprint density at radius 2 is 1.56 bits per heavy atom. The van der Waals surface area contributed by atoms with Crippen molar-refractivity contribution < 1.29 is 0 Å². The molecule has 0 bridgehead atoms. The molecule has 0 aromatic rings. The summed E-state index contributed by atoms with van der Waals surface area (Å²) in [6.07, 6.45) is 10.0. The van der Waals surface area contributed by atoms with Gasteiger partial charge in [0.15, 0.2) is 0 Å². The molecule has 1 heteroatoms. The van der Waals surface area contributed by atoms with E-state index in [0.717, 1.165) is 0 Å². The van der Waals surface area contributed by atoms with Crippen LogP contribution in [0.1, 0.15) is 32.6 Å². The maximum atomic E-state index is 7.32. The van der Waals surface area contributed by atoms with Gasteiger partial charge in [-0.05, 0) is 25.7 Å². The Labute approximate surface area is 57.0 Å². The van der Waals surface area contributed by atoms with E-state index in [1.165, 1.54) is 32.6 Å². The van der Waals surface area contributed by atoms with Gasteiger partial charge in [0.25, 0.3) is 0 Å². The van der Waals surface area contributed by atoms with Gasteiger partial charge in [0.1, 0.15) is 0 Å². The van der Waals surface area contributed by atoms with Gasteiger partial charge in [-0.15, -0.1) is 0 Å². The first-order chi connectivity index (χ1) is 4.41. The van der Waals surface area contributed by atoms with Crippen LogP contribution in [0.2, 0.25) is 0 Å². The molecule has 0 aromatic heterocycles. The summed E-state index contributed by atoms with van der Waals surface area (Å²) in [6, 6.07) is 1.75. The van der Waals surface area contributed by atoms with Gasteiger partial charge in [-0.1, -0.05) is 12.2 Å². The van der Waals surface area contributed by atoms with Crippen molar-refractivity contribution in [2.75, 3.05) is 0 Å². The van der Waals surface area contributed by atoms with Crippen molar-refractivity contribution in [1.82, 2.24) is 0 Å². The van der Waals surface area contributed by atoms with E-state index >= 15 is 0 Å². The second kappa shape index (κ2) is 7.23. The third-order valence-electron chi connectivity index (χ3n) is 1.16. The van der Waals surface area contributed by atoms with Crippen LogP contribution in [0.3, 0.4) is 0 Å². The molecule has 0 unspecified atom stereocenters. The fourth-order valence-electron chi connectivity index (χ4n) is 0.760. The Balaban J connectivity index is 0.000000187. The zero-order valence-electron chi connectivity index (χ0n) is 5.93. The van der Waals surface area contributed by atoms with E-state index in [2.05, 4.69) is 12.2 Å². The zero-order valence-corrected chi connectivity index (χ0v) is 5.93. The molecule has 1 rings (SSSR count). The van der Waals surface area contributed by atoms with Gasteiger partial charge < -0.3 is 0 Å². The van der Waals surface area contributed by atoms with Crippen LogP contribution in [-0.2, 0) is 0 Å². The molecule has 0 aliphatic heterocycles. The highest BCUT2D eigenvalue weighted by atomic mass is 14.2. The topological polar surface area (TPSA) is 23.8 Å². The molecule has 1 aliphatic carbocycles. The van der Waals surface area contributed by atoms with Crippen molar-refractivity contribution in [3.8, 4) is 6.07 Å². The fraction of sp³-hybridized carbons (Fsp3) is 0.625. The van der Waals surface area contributed by atoms with E-state index in [0.29, 0.717) is 0 Å². The molecule has 0 fully saturated rings. The van der Waals surface area contributed by atoms with E-state index < -0.39 is 0 Å². The first-order valence-electron chi connectivity index (χ1n) is 3.37. The van der Waals surface area contributed by atoms with Gasteiger partial charge in [0, 0.05) is 6.92 Å². The van der Waals surface area contributed by atoms with Crippen LogP contribution in [0.4, 0.5) is 0 Å². The van der Waals surface area contributed by atoms with Gasteiger partial charge in [-0.25, -0.2) is 0 Å². The summed E-state index contributed by atoms with van der Waals surface area (Å²) in [5.41, 5.74) is 0. The molecule has 9 heavy (non-hydrogen) atoms. The molecule has 50 valence electrons. The van der Waals surface area contributed by atoms with Crippen LogP contribution in [0.15, 0.2) is 12.2 Å². The second-order valence-electron chi connectivity index (χ2n) is 1.98. The Kier molecular flexibility index (Phi) is 6.61. The molecule has 0 saturated heterocycles. The highest BCUT2D eigenvalue weighted by Crippen LogP contribution is 2.07. The maximum Gasteiger partial charge on any atom is 0.0587 e. The highest BCUT2D eigenvalue weighted by molar-refractivity contribution is 4.85.